The molecular weight excluding hydrogens is 434 g/mol. The fraction of sp³-hybridized carbons (Fsp3) is 0.185. The average Bonchev–Trinajstić information content (AvgIpc) is 2.83. The zero-order valence-corrected chi connectivity index (χ0v) is 19.5. The molecule has 0 fully saturated rings. The molecule has 0 aromatic heterocycles. The number of hydrogen-bond acceptors (Lipinski definition) is 4. The predicted molar refractivity (Wildman–Crippen MR) is 131 cm³/mol. The topological polar surface area (TPSA) is 64.6 Å². The number of methoxy groups -OCH3 is 1. The molecule has 1 unspecified atom stereocenters. The van der Waals surface area contributed by atoms with E-state index in [1.807, 2.05) is 67.6 Å². The lowest BCUT2D eigenvalue weighted by atomic mass is 10.1. The Hall–Kier alpha value is -3.35. The Bertz CT molecular complexity index is 1320. The highest BCUT2D eigenvalue weighted by Gasteiger charge is 2.18. The monoisotopic (exact) mass is 461 g/mol. The van der Waals surface area contributed by atoms with Crippen molar-refractivity contribution in [2.24, 2.45) is 0 Å². The second-order valence-electron chi connectivity index (χ2n) is 7.89. The molecule has 33 heavy (non-hydrogen) atoms. The number of nitrogens with one attached hydrogen (secondary N) is 1. The van der Waals surface area contributed by atoms with Crippen molar-refractivity contribution in [3.63, 3.8) is 0 Å². The van der Waals surface area contributed by atoms with Gasteiger partial charge in [-0.05, 0) is 59.7 Å². The highest BCUT2D eigenvalue weighted by Crippen LogP contribution is 2.29. The largest absolute Gasteiger partial charge is 0.497 e. The minimum absolute atomic E-state index is 0.237. The smallest absolute Gasteiger partial charge is 0.240 e. The summed E-state index contributed by atoms with van der Waals surface area (Å²) in [5.41, 5.74) is 1.95. The third kappa shape index (κ3) is 5.72. The van der Waals surface area contributed by atoms with Gasteiger partial charge in [-0.25, -0.2) is 13.1 Å². The van der Waals surface area contributed by atoms with Crippen LogP contribution in [0.15, 0.2) is 95.9 Å². The van der Waals surface area contributed by atoms with Crippen LogP contribution in [0.5, 0.6) is 11.5 Å². The predicted octanol–water partition coefficient (Wildman–Crippen LogP) is 5.65. The van der Waals surface area contributed by atoms with Crippen molar-refractivity contribution in [3.05, 3.63) is 102 Å². The summed E-state index contributed by atoms with van der Waals surface area (Å²) in [5.74, 6) is 1.49. The third-order valence-corrected chi connectivity index (χ3v) is 6.99. The lowest BCUT2D eigenvalue weighted by Crippen LogP contribution is -2.26. The number of hydrogen-bond donors (Lipinski definition) is 1. The van der Waals surface area contributed by atoms with E-state index in [4.69, 9.17) is 9.47 Å². The van der Waals surface area contributed by atoms with E-state index in [2.05, 4.69) is 10.8 Å². The molecule has 1 atom stereocenters. The summed E-state index contributed by atoms with van der Waals surface area (Å²) in [5, 5.41) is 2.22. The molecule has 5 nitrogen and oxygen atoms in total. The molecule has 0 aliphatic carbocycles. The molecule has 4 aromatic carbocycles. The maximum Gasteiger partial charge on any atom is 0.240 e. The van der Waals surface area contributed by atoms with Crippen LogP contribution in [0.2, 0.25) is 0 Å². The molecule has 0 spiro atoms. The molecule has 0 aliphatic rings. The van der Waals surface area contributed by atoms with Crippen LogP contribution in [0.1, 0.15) is 23.7 Å². The Morgan fingerprint density at radius 2 is 1.48 bits per heavy atom. The van der Waals surface area contributed by atoms with Gasteiger partial charge >= 0.3 is 0 Å². The number of sulfonamides is 1. The zero-order chi connectivity index (χ0) is 23.3. The summed E-state index contributed by atoms with van der Waals surface area (Å²) in [4.78, 5) is 0.254. The van der Waals surface area contributed by atoms with Crippen LogP contribution in [0.25, 0.3) is 10.8 Å². The molecule has 1 N–H and O–H groups in total. The summed E-state index contributed by atoms with van der Waals surface area (Å²) in [7, 11) is -1.97. The average molecular weight is 462 g/mol. The fourth-order valence-corrected chi connectivity index (χ4v) is 4.69. The fourth-order valence-electron chi connectivity index (χ4n) is 3.64. The first kappa shape index (κ1) is 22.8. The summed E-state index contributed by atoms with van der Waals surface area (Å²) >= 11 is 0. The summed E-state index contributed by atoms with van der Waals surface area (Å²) in [6.07, 6.45) is 0.127. The highest BCUT2D eigenvalue weighted by molar-refractivity contribution is 7.89. The van der Waals surface area contributed by atoms with Crippen molar-refractivity contribution in [2.45, 2.75) is 24.3 Å². The second kappa shape index (κ2) is 10.1. The lowest BCUT2D eigenvalue weighted by Gasteiger charge is -2.21. The van der Waals surface area contributed by atoms with Crippen molar-refractivity contribution in [3.8, 4) is 11.5 Å². The van der Waals surface area contributed by atoms with Gasteiger partial charge in [0.2, 0.25) is 10.0 Å². The van der Waals surface area contributed by atoms with Crippen molar-refractivity contribution in [1.29, 1.82) is 0 Å². The Morgan fingerprint density at radius 3 is 2.18 bits per heavy atom. The summed E-state index contributed by atoms with van der Waals surface area (Å²) in [6, 6.07) is 28.5. The molecule has 6 heteroatoms. The van der Waals surface area contributed by atoms with E-state index in [0.717, 1.165) is 33.4 Å². The quantitative estimate of drug-likeness (QED) is 0.350. The van der Waals surface area contributed by atoms with Gasteiger partial charge in [-0.3, -0.25) is 0 Å². The SMILES string of the molecule is COc1ccc(C(CCNS(=O)(=O)c2ccc(C)cc2)Oc2ccc3ccccc3c2)cc1. The van der Waals surface area contributed by atoms with Crippen molar-refractivity contribution >= 4 is 20.8 Å². The van der Waals surface area contributed by atoms with Gasteiger partial charge in [0.05, 0.1) is 12.0 Å². The van der Waals surface area contributed by atoms with Gasteiger partial charge in [0.1, 0.15) is 17.6 Å². The van der Waals surface area contributed by atoms with E-state index < -0.39 is 10.0 Å². The molecule has 0 aliphatic heterocycles. The van der Waals surface area contributed by atoms with Crippen LogP contribution in [0.3, 0.4) is 0 Å². The molecule has 0 saturated heterocycles. The third-order valence-electron chi connectivity index (χ3n) is 5.52. The Labute approximate surface area is 195 Å². The van der Waals surface area contributed by atoms with E-state index in [-0.39, 0.29) is 17.5 Å². The number of aryl methyl sites for hydroxylation is 1. The van der Waals surface area contributed by atoms with E-state index in [1.165, 1.54) is 0 Å². The molecule has 0 heterocycles. The van der Waals surface area contributed by atoms with Gasteiger partial charge in [-0.1, -0.05) is 60.2 Å². The van der Waals surface area contributed by atoms with Crippen LogP contribution in [-0.2, 0) is 10.0 Å². The standard InChI is InChI=1S/C27H27NO4S/c1-20-7-15-26(16-8-20)33(29,30)28-18-17-27(22-10-12-24(31-2)13-11-22)32-25-14-9-21-5-3-4-6-23(21)19-25/h3-16,19,27-28H,17-18H2,1-2H3. The van der Waals surface area contributed by atoms with Crippen LogP contribution in [0.4, 0.5) is 0 Å². The Morgan fingerprint density at radius 1 is 0.818 bits per heavy atom. The second-order valence-corrected chi connectivity index (χ2v) is 9.66. The zero-order valence-electron chi connectivity index (χ0n) is 18.7. The molecule has 0 radical (unpaired) electrons. The molecule has 4 rings (SSSR count). The molecule has 0 amide bonds. The van der Waals surface area contributed by atoms with E-state index >= 15 is 0 Å². The van der Waals surface area contributed by atoms with Gasteiger partial charge in [0.25, 0.3) is 0 Å². The first-order chi connectivity index (χ1) is 15.9. The first-order valence-corrected chi connectivity index (χ1v) is 12.3. The van der Waals surface area contributed by atoms with Crippen LogP contribution in [0, 0.1) is 6.92 Å². The molecule has 0 bridgehead atoms. The first-order valence-electron chi connectivity index (χ1n) is 10.8. The number of ether oxygens (including phenoxy) is 2. The van der Waals surface area contributed by atoms with Gasteiger partial charge in [-0.15, -0.1) is 0 Å². The molecule has 4 aromatic rings. The van der Waals surface area contributed by atoms with Gasteiger partial charge in [-0.2, -0.15) is 0 Å². The number of rotatable bonds is 9. The summed E-state index contributed by atoms with van der Waals surface area (Å²) in [6.45, 7) is 2.16. The maximum atomic E-state index is 12.7. The summed E-state index contributed by atoms with van der Waals surface area (Å²) < 4.78 is 39.7. The maximum absolute atomic E-state index is 12.7. The van der Waals surface area contributed by atoms with Gasteiger partial charge in [0, 0.05) is 13.0 Å². The molecule has 170 valence electrons. The van der Waals surface area contributed by atoms with Crippen LogP contribution < -0.4 is 14.2 Å². The van der Waals surface area contributed by atoms with E-state index in [1.54, 1.807) is 31.4 Å². The van der Waals surface area contributed by atoms with Crippen LogP contribution >= 0.6 is 0 Å². The minimum atomic E-state index is -3.59. The van der Waals surface area contributed by atoms with Crippen molar-refractivity contribution in [1.82, 2.24) is 4.72 Å². The molecule has 0 saturated carbocycles. The van der Waals surface area contributed by atoms with E-state index in [0.29, 0.717) is 6.42 Å². The Balaban J connectivity index is 1.52. The van der Waals surface area contributed by atoms with Gasteiger partial charge < -0.3 is 9.47 Å². The number of fused-ring (bicyclic) bond motifs is 1. The Kier molecular flexibility index (Phi) is 6.96. The minimum Gasteiger partial charge on any atom is -0.497 e. The molecular formula is C27H27NO4S. The van der Waals surface area contributed by atoms with Crippen molar-refractivity contribution in [2.75, 3.05) is 13.7 Å². The highest BCUT2D eigenvalue weighted by atomic mass is 32.2. The van der Waals surface area contributed by atoms with Crippen molar-refractivity contribution < 1.29 is 17.9 Å². The van der Waals surface area contributed by atoms with Gasteiger partial charge in [0.15, 0.2) is 0 Å². The lowest BCUT2D eigenvalue weighted by molar-refractivity contribution is 0.196. The van der Waals surface area contributed by atoms with E-state index in [9.17, 15) is 8.42 Å². The normalized spacial score (nSPS) is 12.4. The number of benzene rings is 4. The van der Waals surface area contributed by atoms with Crippen LogP contribution in [-0.4, -0.2) is 22.1 Å².